The molecular weight excluding hydrogens is 777 g/mol. The molecular formula is C61H50N2O. The van der Waals surface area contributed by atoms with Crippen molar-refractivity contribution in [2.45, 2.75) is 57.8 Å². The molecule has 0 bridgehead atoms. The van der Waals surface area contributed by atoms with Crippen molar-refractivity contribution in [1.29, 1.82) is 0 Å². The topological polar surface area (TPSA) is 38.9 Å². The number of furan rings is 1. The zero-order chi connectivity index (χ0) is 43.8. The molecule has 11 rings (SSSR count). The molecule has 0 aliphatic heterocycles. The maximum absolute atomic E-state index is 6.17. The summed E-state index contributed by atoms with van der Waals surface area (Å²) in [5.41, 5.74) is 18.7. The lowest BCUT2D eigenvalue weighted by atomic mass is 9.66. The number of aromatic nitrogens is 2. The van der Waals surface area contributed by atoms with Crippen molar-refractivity contribution >= 4 is 21.9 Å². The minimum Gasteiger partial charge on any atom is -0.456 e. The van der Waals surface area contributed by atoms with Gasteiger partial charge in [0.1, 0.15) is 11.2 Å². The maximum atomic E-state index is 6.17. The highest BCUT2D eigenvalue weighted by molar-refractivity contribution is 6.06. The second-order valence-electron chi connectivity index (χ2n) is 19.4. The SMILES string of the molecule is CC(C)(C)c1cccc(C2(c3cccc(C(C)(C)C)c3)c3ccccc3-c3ccc(-c4ccc(-c5cc(-c6ccc7oc8ccccc8c7c6)nc(-c6ccccc6)n5)cc4)cc32)c1. The Kier molecular flexibility index (Phi) is 9.18. The molecule has 1 aliphatic carbocycles. The highest BCUT2D eigenvalue weighted by Crippen LogP contribution is 2.57. The van der Waals surface area contributed by atoms with E-state index in [0.717, 1.165) is 55.6 Å². The van der Waals surface area contributed by atoms with Crippen LogP contribution in [0.4, 0.5) is 0 Å². The van der Waals surface area contributed by atoms with Gasteiger partial charge in [0.15, 0.2) is 5.82 Å². The molecule has 310 valence electrons. The predicted molar refractivity (Wildman–Crippen MR) is 266 cm³/mol. The Hall–Kier alpha value is -7.36. The molecule has 3 heteroatoms. The molecule has 0 saturated heterocycles. The molecule has 0 radical (unpaired) electrons. The van der Waals surface area contributed by atoms with Crippen LogP contribution in [0.15, 0.2) is 199 Å². The molecule has 0 unspecified atom stereocenters. The first kappa shape index (κ1) is 39.5. The van der Waals surface area contributed by atoms with E-state index in [9.17, 15) is 0 Å². The summed E-state index contributed by atoms with van der Waals surface area (Å²) < 4.78 is 6.17. The van der Waals surface area contributed by atoms with Gasteiger partial charge in [-0.25, -0.2) is 9.97 Å². The van der Waals surface area contributed by atoms with Gasteiger partial charge in [-0.05, 0) is 103 Å². The van der Waals surface area contributed by atoms with Gasteiger partial charge in [-0.15, -0.1) is 0 Å². The monoisotopic (exact) mass is 826 g/mol. The number of para-hydroxylation sites is 1. The van der Waals surface area contributed by atoms with Gasteiger partial charge in [-0.1, -0.05) is 199 Å². The smallest absolute Gasteiger partial charge is 0.160 e. The second-order valence-corrected chi connectivity index (χ2v) is 19.4. The number of benzene rings is 8. The van der Waals surface area contributed by atoms with Crippen LogP contribution < -0.4 is 0 Å². The third-order valence-corrected chi connectivity index (χ3v) is 13.3. The van der Waals surface area contributed by atoms with Crippen LogP contribution in [0.25, 0.3) is 78.1 Å². The number of rotatable bonds is 6. The fourth-order valence-corrected chi connectivity index (χ4v) is 9.86. The summed E-state index contributed by atoms with van der Waals surface area (Å²) in [6.45, 7) is 13.9. The lowest BCUT2D eigenvalue weighted by Crippen LogP contribution is -2.30. The van der Waals surface area contributed by atoms with E-state index in [0.29, 0.717) is 5.82 Å². The molecule has 8 aromatic carbocycles. The normalized spacial score (nSPS) is 13.3. The van der Waals surface area contributed by atoms with E-state index in [2.05, 4.69) is 205 Å². The van der Waals surface area contributed by atoms with Gasteiger partial charge in [-0.2, -0.15) is 0 Å². The first-order valence-corrected chi connectivity index (χ1v) is 22.4. The third kappa shape index (κ3) is 6.57. The first-order chi connectivity index (χ1) is 30.9. The third-order valence-electron chi connectivity index (χ3n) is 13.3. The molecule has 0 N–H and O–H groups in total. The molecule has 0 saturated carbocycles. The van der Waals surface area contributed by atoms with Gasteiger partial charge < -0.3 is 4.42 Å². The Labute approximate surface area is 376 Å². The molecule has 2 aromatic heterocycles. The van der Waals surface area contributed by atoms with Crippen LogP contribution >= 0.6 is 0 Å². The fraction of sp³-hybridized carbons (Fsp3) is 0.148. The maximum Gasteiger partial charge on any atom is 0.160 e. The molecule has 0 fully saturated rings. The molecule has 64 heavy (non-hydrogen) atoms. The van der Waals surface area contributed by atoms with Crippen molar-refractivity contribution in [1.82, 2.24) is 9.97 Å². The van der Waals surface area contributed by atoms with Gasteiger partial charge in [0.2, 0.25) is 0 Å². The quantitative estimate of drug-likeness (QED) is 0.168. The number of hydrogen-bond acceptors (Lipinski definition) is 3. The summed E-state index contributed by atoms with van der Waals surface area (Å²) in [4.78, 5) is 10.3. The lowest BCUT2D eigenvalue weighted by molar-refractivity contribution is 0.585. The zero-order valence-electron chi connectivity index (χ0n) is 37.3. The average Bonchev–Trinajstić information content (AvgIpc) is 3.84. The van der Waals surface area contributed by atoms with E-state index < -0.39 is 5.41 Å². The predicted octanol–water partition coefficient (Wildman–Crippen LogP) is 16.0. The summed E-state index contributed by atoms with van der Waals surface area (Å²) in [5.74, 6) is 0.690. The molecule has 10 aromatic rings. The number of fused-ring (bicyclic) bond motifs is 6. The van der Waals surface area contributed by atoms with Crippen molar-refractivity contribution in [2.75, 3.05) is 0 Å². The van der Waals surface area contributed by atoms with Crippen molar-refractivity contribution in [3.63, 3.8) is 0 Å². The van der Waals surface area contributed by atoms with Crippen molar-refractivity contribution < 1.29 is 4.42 Å². The lowest BCUT2D eigenvalue weighted by Gasteiger charge is -2.36. The van der Waals surface area contributed by atoms with Crippen molar-refractivity contribution in [2.24, 2.45) is 0 Å². The van der Waals surface area contributed by atoms with Crippen LogP contribution in [-0.4, -0.2) is 9.97 Å². The number of hydrogen-bond donors (Lipinski definition) is 0. The molecule has 0 spiro atoms. The Balaban J connectivity index is 1.05. The second kappa shape index (κ2) is 14.9. The van der Waals surface area contributed by atoms with Gasteiger partial charge in [-0.3, -0.25) is 0 Å². The highest BCUT2D eigenvalue weighted by Gasteiger charge is 2.47. The summed E-state index contributed by atoms with van der Waals surface area (Å²) in [5, 5.41) is 2.17. The van der Waals surface area contributed by atoms with Crippen LogP contribution in [-0.2, 0) is 16.2 Å². The van der Waals surface area contributed by atoms with Crippen molar-refractivity contribution in [3.05, 3.63) is 228 Å². The fourth-order valence-electron chi connectivity index (χ4n) is 9.86. The van der Waals surface area contributed by atoms with Crippen LogP contribution in [0.5, 0.6) is 0 Å². The van der Waals surface area contributed by atoms with Gasteiger partial charge in [0.25, 0.3) is 0 Å². The van der Waals surface area contributed by atoms with E-state index in [1.807, 2.05) is 30.3 Å². The Morgan fingerprint density at radius 1 is 0.375 bits per heavy atom. The van der Waals surface area contributed by atoms with Crippen LogP contribution in [0.2, 0.25) is 0 Å². The number of nitrogens with zero attached hydrogens (tertiary/aromatic N) is 2. The minimum absolute atomic E-state index is 0.0103. The van der Waals surface area contributed by atoms with Crippen molar-refractivity contribution in [3.8, 4) is 56.2 Å². The van der Waals surface area contributed by atoms with E-state index in [1.54, 1.807) is 0 Å². The minimum atomic E-state index is -0.526. The van der Waals surface area contributed by atoms with E-state index in [1.165, 1.54) is 50.1 Å². The van der Waals surface area contributed by atoms with E-state index in [-0.39, 0.29) is 10.8 Å². The molecule has 0 atom stereocenters. The van der Waals surface area contributed by atoms with Crippen LogP contribution in [0.1, 0.15) is 74.9 Å². The van der Waals surface area contributed by atoms with E-state index >= 15 is 0 Å². The average molecular weight is 827 g/mol. The Morgan fingerprint density at radius 2 is 0.938 bits per heavy atom. The van der Waals surface area contributed by atoms with Gasteiger partial charge in [0, 0.05) is 27.5 Å². The largest absolute Gasteiger partial charge is 0.456 e. The first-order valence-electron chi connectivity index (χ1n) is 22.4. The van der Waals surface area contributed by atoms with E-state index in [4.69, 9.17) is 14.4 Å². The Morgan fingerprint density at radius 3 is 1.64 bits per heavy atom. The van der Waals surface area contributed by atoms with Crippen LogP contribution in [0.3, 0.4) is 0 Å². The van der Waals surface area contributed by atoms with Crippen LogP contribution in [0, 0.1) is 0 Å². The Bertz CT molecular complexity index is 3340. The molecule has 0 amide bonds. The van der Waals surface area contributed by atoms with Gasteiger partial charge in [0.05, 0.1) is 16.8 Å². The molecule has 2 heterocycles. The molecule has 3 nitrogen and oxygen atoms in total. The summed E-state index contributed by atoms with van der Waals surface area (Å²) in [7, 11) is 0. The standard InChI is InChI=1S/C61H50N2O/c1-59(2,3)44-18-14-20-46(36-44)61(47-21-15-19-45(37-47)60(4,5)6)52-24-12-10-22-48(52)49-32-30-42(35-53(49)61)39-26-28-40(29-27-39)54-38-55(63-58(62-54)41-16-8-7-9-17-41)43-31-33-57-51(34-43)50-23-11-13-25-56(50)64-57/h7-38H,1-6H3. The molecule has 1 aliphatic rings. The zero-order valence-corrected chi connectivity index (χ0v) is 37.3. The summed E-state index contributed by atoms with van der Waals surface area (Å²) in [6, 6.07) is 70.7. The summed E-state index contributed by atoms with van der Waals surface area (Å²) >= 11 is 0. The van der Waals surface area contributed by atoms with Gasteiger partial charge >= 0.3 is 0 Å². The summed E-state index contributed by atoms with van der Waals surface area (Å²) in [6.07, 6.45) is 0. The highest BCUT2D eigenvalue weighted by atomic mass is 16.3.